The quantitative estimate of drug-likeness (QED) is 0.651. The van der Waals surface area contributed by atoms with Gasteiger partial charge in [-0.2, -0.15) is 0 Å². The summed E-state index contributed by atoms with van der Waals surface area (Å²) in [6.07, 6.45) is 2.34. The molecule has 1 aliphatic rings. The minimum absolute atomic E-state index is 0.0340. The molecule has 0 heterocycles. The number of allylic oxidation sites excluding steroid dienone is 1. The molecule has 0 fully saturated rings. The van der Waals surface area contributed by atoms with Gasteiger partial charge in [0.25, 0.3) is 0 Å². The van der Waals surface area contributed by atoms with Crippen LogP contribution in [0.3, 0.4) is 0 Å². The van der Waals surface area contributed by atoms with Crippen molar-refractivity contribution >= 4 is 0 Å². The van der Waals surface area contributed by atoms with Gasteiger partial charge in [0, 0.05) is 5.54 Å². The number of nitrogens with two attached hydrogens (primary N) is 1. The molecule has 0 amide bonds. The summed E-state index contributed by atoms with van der Waals surface area (Å²) in [5.41, 5.74) is 9.39. The second-order valence-electron chi connectivity index (χ2n) is 5.17. The molecular weight excluding hydrogens is 158 g/mol. The van der Waals surface area contributed by atoms with Crippen LogP contribution in [0.4, 0.5) is 0 Å². The standard InChI is InChI=1S/C12H23N/c1-8(2)10-6-7-12(5,13)11(10)9(3)4/h8-9H,6-7,13H2,1-5H3. The average Bonchev–Trinajstić information content (AvgIpc) is 2.24. The van der Waals surface area contributed by atoms with Crippen molar-refractivity contribution < 1.29 is 0 Å². The monoisotopic (exact) mass is 181 g/mol. The molecule has 1 rings (SSSR count). The summed E-state index contributed by atoms with van der Waals surface area (Å²) in [7, 11) is 0. The third kappa shape index (κ3) is 1.96. The maximum atomic E-state index is 6.29. The van der Waals surface area contributed by atoms with Crippen molar-refractivity contribution in [2.75, 3.05) is 0 Å². The Morgan fingerprint density at radius 2 is 1.69 bits per heavy atom. The number of rotatable bonds is 2. The first kappa shape index (κ1) is 10.8. The number of hydrogen-bond donors (Lipinski definition) is 1. The Kier molecular flexibility index (Phi) is 2.86. The van der Waals surface area contributed by atoms with Gasteiger partial charge >= 0.3 is 0 Å². The largest absolute Gasteiger partial charge is 0.322 e. The molecule has 0 spiro atoms. The molecule has 0 aromatic heterocycles. The van der Waals surface area contributed by atoms with E-state index in [0.717, 1.165) is 6.42 Å². The van der Waals surface area contributed by atoms with Gasteiger partial charge in [0.15, 0.2) is 0 Å². The SMILES string of the molecule is CC(C)C1=C(C(C)C)C(C)(N)CC1. The first-order valence-corrected chi connectivity index (χ1v) is 5.38. The molecule has 1 heteroatoms. The van der Waals surface area contributed by atoms with Crippen molar-refractivity contribution in [1.29, 1.82) is 0 Å². The summed E-state index contributed by atoms with van der Waals surface area (Å²) >= 11 is 0. The maximum Gasteiger partial charge on any atom is 0.0348 e. The van der Waals surface area contributed by atoms with Crippen molar-refractivity contribution in [3.63, 3.8) is 0 Å². The van der Waals surface area contributed by atoms with Gasteiger partial charge in [0.1, 0.15) is 0 Å². The topological polar surface area (TPSA) is 26.0 Å². The highest BCUT2D eigenvalue weighted by atomic mass is 14.7. The van der Waals surface area contributed by atoms with E-state index in [9.17, 15) is 0 Å². The van der Waals surface area contributed by atoms with Gasteiger partial charge in [0.2, 0.25) is 0 Å². The lowest BCUT2D eigenvalue weighted by atomic mass is 9.84. The Hall–Kier alpha value is -0.300. The van der Waals surface area contributed by atoms with E-state index in [1.54, 1.807) is 5.57 Å². The molecule has 0 aromatic rings. The van der Waals surface area contributed by atoms with Crippen LogP contribution in [-0.2, 0) is 0 Å². The predicted molar refractivity (Wildman–Crippen MR) is 58.5 cm³/mol. The Balaban J connectivity index is 3.06. The summed E-state index contributed by atoms with van der Waals surface area (Å²) in [5.74, 6) is 1.28. The van der Waals surface area contributed by atoms with E-state index in [2.05, 4.69) is 34.6 Å². The molecule has 1 aliphatic carbocycles. The molecule has 13 heavy (non-hydrogen) atoms. The third-order valence-corrected chi connectivity index (χ3v) is 3.15. The highest BCUT2D eigenvalue weighted by molar-refractivity contribution is 5.33. The van der Waals surface area contributed by atoms with Gasteiger partial charge < -0.3 is 5.73 Å². The van der Waals surface area contributed by atoms with Crippen molar-refractivity contribution in [3.05, 3.63) is 11.1 Å². The van der Waals surface area contributed by atoms with Crippen molar-refractivity contribution in [1.82, 2.24) is 0 Å². The van der Waals surface area contributed by atoms with E-state index in [0.29, 0.717) is 11.8 Å². The molecule has 0 saturated carbocycles. The normalized spacial score (nSPS) is 29.5. The highest BCUT2D eigenvalue weighted by Crippen LogP contribution is 2.40. The zero-order valence-electron chi connectivity index (χ0n) is 9.65. The maximum absolute atomic E-state index is 6.29. The van der Waals surface area contributed by atoms with Gasteiger partial charge in [-0.1, -0.05) is 33.3 Å². The minimum Gasteiger partial charge on any atom is -0.322 e. The average molecular weight is 181 g/mol. The molecule has 0 aliphatic heterocycles. The fraction of sp³-hybridized carbons (Fsp3) is 0.833. The molecule has 0 aromatic carbocycles. The van der Waals surface area contributed by atoms with Crippen LogP contribution in [0.2, 0.25) is 0 Å². The molecule has 1 nitrogen and oxygen atoms in total. The first-order valence-electron chi connectivity index (χ1n) is 5.38. The molecule has 0 radical (unpaired) electrons. The van der Waals surface area contributed by atoms with E-state index in [1.807, 2.05) is 0 Å². The van der Waals surface area contributed by atoms with E-state index in [-0.39, 0.29) is 5.54 Å². The summed E-state index contributed by atoms with van der Waals surface area (Å²) in [6, 6.07) is 0. The van der Waals surface area contributed by atoms with Gasteiger partial charge in [0.05, 0.1) is 0 Å². The van der Waals surface area contributed by atoms with Crippen LogP contribution >= 0.6 is 0 Å². The van der Waals surface area contributed by atoms with Crippen LogP contribution in [0.25, 0.3) is 0 Å². The van der Waals surface area contributed by atoms with Crippen LogP contribution in [0.1, 0.15) is 47.5 Å². The van der Waals surface area contributed by atoms with E-state index in [4.69, 9.17) is 5.73 Å². The summed E-state index contributed by atoms with van der Waals surface area (Å²) in [5, 5.41) is 0. The molecule has 1 atom stereocenters. The van der Waals surface area contributed by atoms with Crippen LogP contribution < -0.4 is 5.73 Å². The Morgan fingerprint density at radius 3 is 2.00 bits per heavy atom. The zero-order valence-corrected chi connectivity index (χ0v) is 9.65. The summed E-state index contributed by atoms with van der Waals surface area (Å²) < 4.78 is 0. The molecule has 0 bridgehead atoms. The van der Waals surface area contributed by atoms with E-state index >= 15 is 0 Å². The molecule has 2 N–H and O–H groups in total. The second kappa shape index (κ2) is 3.45. The third-order valence-electron chi connectivity index (χ3n) is 3.15. The first-order chi connectivity index (χ1) is 5.86. The van der Waals surface area contributed by atoms with Crippen LogP contribution in [-0.4, -0.2) is 5.54 Å². The molecule has 1 unspecified atom stereocenters. The summed E-state index contributed by atoms with van der Waals surface area (Å²) in [4.78, 5) is 0. The fourth-order valence-corrected chi connectivity index (χ4v) is 2.66. The van der Waals surface area contributed by atoms with Gasteiger partial charge in [-0.05, 0) is 37.2 Å². The van der Waals surface area contributed by atoms with Crippen molar-refractivity contribution in [3.8, 4) is 0 Å². The van der Waals surface area contributed by atoms with Crippen LogP contribution in [0, 0.1) is 11.8 Å². The fourth-order valence-electron chi connectivity index (χ4n) is 2.66. The van der Waals surface area contributed by atoms with Crippen molar-refractivity contribution in [2.45, 2.75) is 53.0 Å². The van der Waals surface area contributed by atoms with Crippen molar-refractivity contribution in [2.24, 2.45) is 17.6 Å². The zero-order chi connectivity index (χ0) is 10.2. The van der Waals surface area contributed by atoms with Gasteiger partial charge in [-0.15, -0.1) is 0 Å². The molecule has 0 saturated heterocycles. The lowest BCUT2D eigenvalue weighted by molar-refractivity contribution is 0.496. The summed E-state index contributed by atoms with van der Waals surface area (Å²) in [6.45, 7) is 11.2. The van der Waals surface area contributed by atoms with Gasteiger partial charge in [-0.25, -0.2) is 0 Å². The number of hydrogen-bond acceptors (Lipinski definition) is 1. The Morgan fingerprint density at radius 1 is 1.15 bits per heavy atom. The minimum atomic E-state index is -0.0340. The van der Waals surface area contributed by atoms with Crippen LogP contribution in [0.15, 0.2) is 11.1 Å². The lowest BCUT2D eigenvalue weighted by Crippen LogP contribution is -2.37. The van der Waals surface area contributed by atoms with E-state index in [1.165, 1.54) is 12.0 Å². The van der Waals surface area contributed by atoms with Crippen LogP contribution in [0.5, 0.6) is 0 Å². The Labute approximate surface area is 82.4 Å². The molecule has 76 valence electrons. The smallest absolute Gasteiger partial charge is 0.0348 e. The second-order valence-corrected chi connectivity index (χ2v) is 5.17. The predicted octanol–water partition coefficient (Wildman–Crippen LogP) is 3.11. The van der Waals surface area contributed by atoms with Gasteiger partial charge in [-0.3, -0.25) is 0 Å². The van der Waals surface area contributed by atoms with E-state index < -0.39 is 0 Å². The highest BCUT2D eigenvalue weighted by Gasteiger charge is 2.34. The molecular formula is C12H23N. The lowest BCUT2D eigenvalue weighted by Gasteiger charge is -2.26. The Bertz CT molecular complexity index is 221.